The van der Waals surface area contributed by atoms with Gasteiger partial charge >= 0.3 is 5.69 Å². The molecule has 7 heteroatoms. The van der Waals surface area contributed by atoms with E-state index in [4.69, 9.17) is 0 Å². The molecule has 2 N–H and O–H groups in total. The summed E-state index contributed by atoms with van der Waals surface area (Å²) < 4.78 is 1.90. The Hall–Kier alpha value is -1.79. The minimum Gasteiger partial charge on any atom is -0.331 e. The highest BCUT2D eigenvalue weighted by Crippen LogP contribution is 2.32. The highest BCUT2D eigenvalue weighted by atomic mass is 35.5. The molecule has 1 saturated carbocycles. The molecule has 146 valence electrons. The van der Waals surface area contributed by atoms with Crippen LogP contribution in [0.25, 0.3) is 11.0 Å². The van der Waals surface area contributed by atoms with E-state index in [1.165, 1.54) is 12.8 Å². The van der Waals surface area contributed by atoms with Crippen molar-refractivity contribution in [3.63, 3.8) is 0 Å². The molecule has 2 bridgehead atoms. The summed E-state index contributed by atoms with van der Waals surface area (Å²) in [6.45, 7) is 1.88. The molecule has 3 aliphatic rings. The zero-order valence-corrected chi connectivity index (χ0v) is 16.3. The normalized spacial score (nSPS) is 25.6. The van der Waals surface area contributed by atoms with Crippen molar-refractivity contribution in [1.82, 2.24) is 19.8 Å². The molecular weight excluding hydrogens is 364 g/mol. The summed E-state index contributed by atoms with van der Waals surface area (Å²) in [6.07, 6.45) is 7.72. The van der Waals surface area contributed by atoms with Gasteiger partial charge in [0.05, 0.1) is 11.0 Å². The van der Waals surface area contributed by atoms with E-state index in [0.717, 1.165) is 56.2 Å². The third kappa shape index (κ3) is 3.09. The van der Waals surface area contributed by atoms with E-state index >= 15 is 0 Å². The lowest BCUT2D eigenvalue weighted by Gasteiger charge is -2.28. The van der Waals surface area contributed by atoms with Gasteiger partial charge in [-0.3, -0.25) is 9.36 Å². The van der Waals surface area contributed by atoms with Gasteiger partial charge in [0.15, 0.2) is 0 Å². The topological polar surface area (TPSA) is 70.1 Å². The Morgan fingerprint density at radius 2 is 1.78 bits per heavy atom. The minimum atomic E-state index is -0.0458. The number of fused-ring (bicyclic) bond motifs is 3. The zero-order valence-electron chi connectivity index (χ0n) is 15.4. The second-order valence-electron chi connectivity index (χ2n) is 8.06. The van der Waals surface area contributed by atoms with Crippen molar-refractivity contribution in [1.29, 1.82) is 0 Å². The molecule has 1 aromatic carbocycles. The highest BCUT2D eigenvalue weighted by Gasteiger charge is 2.38. The number of aromatic amines is 1. The first-order valence-corrected chi connectivity index (χ1v) is 10.00. The largest absolute Gasteiger partial charge is 0.331 e. The van der Waals surface area contributed by atoms with Crippen molar-refractivity contribution in [2.24, 2.45) is 0 Å². The van der Waals surface area contributed by atoms with Gasteiger partial charge in [0.2, 0.25) is 0 Å². The Balaban J connectivity index is 0.00000180. The Bertz CT molecular complexity index is 885. The molecule has 3 heterocycles. The van der Waals surface area contributed by atoms with Crippen molar-refractivity contribution < 1.29 is 4.79 Å². The van der Waals surface area contributed by atoms with Crippen LogP contribution in [-0.4, -0.2) is 45.5 Å². The Kier molecular flexibility index (Phi) is 5.03. The van der Waals surface area contributed by atoms with Gasteiger partial charge in [-0.1, -0.05) is 12.8 Å². The molecular formula is C20H27ClN4O2. The van der Waals surface area contributed by atoms with Crippen LogP contribution in [0.2, 0.25) is 0 Å². The number of imidazole rings is 1. The molecule has 27 heavy (non-hydrogen) atoms. The lowest BCUT2D eigenvalue weighted by atomic mass is 10.1. The first-order valence-electron chi connectivity index (χ1n) is 10.00. The minimum absolute atomic E-state index is 0. The molecule has 2 unspecified atom stereocenters. The number of hydrogen-bond acceptors (Lipinski definition) is 3. The molecule has 1 aromatic heterocycles. The van der Waals surface area contributed by atoms with Crippen LogP contribution in [0.3, 0.4) is 0 Å². The molecule has 5 rings (SSSR count). The smallest absolute Gasteiger partial charge is 0.326 e. The van der Waals surface area contributed by atoms with Gasteiger partial charge in [-0.25, -0.2) is 4.79 Å². The van der Waals surface area contributed by atoms with Gasteiger partial charge in [-0.15, -0.1) is 12.4 Å². The lowest BCUT2D eigenvalue weighted by molar-refractivity contribution is 0.0680. The first-order chi connectivity index (χ1) is 12.7. The second-order valence-corrected chi connectivity index (χ2v) is 8.06. The van der Waals surface area contributed by atoms with Crippen molar-refractivity contribution in [3.8, 4) is 0 Å². The maximum Gasteiger partial charge on any atom is 0.326 e. The fourth-order valence-electron chi connectivity index (χ4n) is 5.25. The van der Waals surface area contributed by atoms with Gasteiger partial charge in [0.25, 0.3) is 5.91 Å². The molecule has 2 saturated heterocycles. The van der Waals surface area contributed by atoms with Crippen LogP contribution in [0.4, 0.5) is 0 Å². The van der Waals surface area contributed by atoms with E-state index in [0.29, 0.717) is 23.7 Å². The van der Waals surface area contributed by atoms with Crippen LogP contribution in [0, 0.1) is 0 Å². The summed E-state index contributed by atoms with van der Waals surface area (Å²) in [5.41, 5.74) is 2.36. The first kappa shape index (κ1) is 18.6. The molecule has 1 aliphatic carbocycles. The predicted octanol–water partition coefficient (Wildman–Crippen LogP) is 2.83. The summed E-state index contributed by atoms with van der Waals surface area (Å²) in [5.74, 6) is 0.109. The maximum atomic E-state index is 13.2. The van der Waals surface area contributed by atoms with Gasteiger partial charge in [0.1, 0.15) is 0 Å². The number of hydrogen-bond donors (Lipinski definition) is 2. The number of halogens is 1. The molecule has 3 fully saturated rings. The van der Waals surface area contributed by atoms with Gasteiger partial charge < -0.3 is 15.2 Å². The SMILES string of the molecule is Cl.O=C(c1ccc2c(c1)[nH]c(=O)n2C1CCCC1)N1C2CCNCC1CC2. The second kappa shape index (κ2) is 7.32. The number of rotatable bonds is 2. The van der Waals surface area contributed by atoms with Crippen molar-refractivity contribution in [2.75, 3.05) is 13.1 Å². The van der Waals surface area contributed by atoms with E-state index in [1.807, 2.05) is 22.8 Å². The average molecular weight is 391 g/mol. The molecule has 2 aromatic rings. The summed E-state index contributed by atoms with van der Waals surface area (Å²) in [7, 11) is 0. The molecule has 0 spiro atoms. The average Bonchev–Trinajstić information content (AvgIpc) is 3.30. The van der Waals surface area contributed by atoms with Gasteiger partial charge in [-0.2, -0.15) is 0 Å². The van der Waals surface area contributed by atoms with E-state index < -0.39 is 0 Å². The van der Waals surface area contributed by atoms with Crippen LogP contribution >= 0.6 is 12.4 Å². The van der Waals surface area contributed by atoms with Crippen molar-refractivity contribution in [2.45, 2.75) is 63.1 Å². The third-order valence-electron chi connectivity index (χ3n) is 6.54. The van der Waals surface area contributed by atoms with Crippen molar-refractivity contribution in [3.05, 3.63) is 34.2 Å². The summed E-state index contributed by atoms with van der Waals surface area (Å²) in [4.78, 5) is 30.7. The fourth-order valence-corrected chi connectivity index (χ4v) is 5.25. The number of carbonyl (C=O) groups is 1. The lowest BCUT2D eigenvalue weighted by Crippen LogP contribution is -2.42. The van der Waals surface area contributed by atoms with Crippen LogP contribution in [-0.2, 0) is 0 Å². The van der Waals surface area contributed by atoms with Gasteiger partial charge in [-0.05, 0) is 56.8 Å². The Morgan fingerprint density at radius 3 is 2.59 bits per heavy atom. The molecule has 0 radical (unpaired) electrons. The number of aromatic nitrogens is 2. The number of nitrogens with zero attached hydrogens (tertiary/aromatic N) is 2. The molecule has 6 nitrogen and oxygen atoms in total. The van der Waals surface area contributed by atoms with Crippen LogP contribution in [0.5, 0.6) is 0 Å². The van der Waals surface area contributed by atoms with Crippen LogP contribution < -0.4 is 11.0 Å². The number of H-pyrrole nitrogens is 1. The standard InChI is InChI=1S/C20H26N4O2.ClH/c25-19(23-15-6-7-16(23)12-21-10-9-15)13-5-8-18-17(11-13)22-20(26)24(18)14-3-1-2-4-14;/h5,8,11,14-16,21H,1-4,6-7,9-10,12H2,(H,22,26);1H. The van der Waals surface area contributed by atoms with Crippen molar-refractivity contribution >= 4 is 29.3 Å². The summed E-state index contributed by atoms with van der Waals surface area (Å²) >= 11 is 0. The zero-order chi connectivity index (χ0) is 17.7. The summed E-state index contributed by atoms with van der Waals surface area (Å²) in [5, 5.41) is 3.44. The highest BCUT2D eigenvalue weighted by molar-refractivity contribution is 5.98. The number of carbonyl (C=O) groups excluding carboxylic acids is 1. The molecule has 1 amide bonds. The maximum absolute atomic E-state index is 13.2. The monoisotopic (exact) mass is 390 g/mol. The molecule has 2 aliphatic heterocycles. The Morgan fingerprint density at radius 1 is 1.00 bits per heavy atom. The predicted molar refractivity (Wildman–Crippen MR) is 108 cm³/mol. The van der Waals surface area contributed by atoms with Gasteiger partial charge in [0, 0.05) is 30.2 Å². The van der Waals surface area contributed by atoms with E-state index in [1.54, 1.807) is 0 Å². The van der Waals surface area contributed by atoms with Crippen LogP contribution in [0.1, 0.15) is 61.3 Å². The fraction of sp³-hybridized carbons (Fsp3) is 0.600. The third-order valence-corrected chi connectivity index (χ3v) is 6.54. The number of amides is 1. The summed E-state index contributed by atoms with van der Waals surface area (Å²) in [6, 6.07) is 6.68. The van der Waals surface area contributed by atoms with E-state index in [2.05, 4.69) is 15.2 Å². The Labute approximate surface area is 164 Å². The number of benzene rings is 1. The van der Waals surface area contributed by atoms with Crippen LogP contribution in [0.15, 0.2) is 23.0 Å². The van der Waals surface area contributed by atoms with E-state index in [-0.39, 0.29) is 24.0 Å². The number of nitrogens with one attached hydrogen (secondary N) is 2. The quantitative estimate of drug-likeness (QED) is 0.828. The molecule has 2 atom stereocenters. The van der Waals surface area contributed by atoms with E-state index in [9.17, 15) is 9.59 Å².